The number of nitrogens with two attached hydrogens (primary N) is 1. The van der Waals surface area contributed by atoms with Crippen molar-refractivity contribution in [2.45, 2.75) is 18.7 Å². The van der Waals surface area contributed by atoms with Gasteiger partial charge in [0.25, 0.3) is 0 Å². The highest BCUT2D eigenvalue weighted by Gasteiger charge is 2.17. The fraction of sp³-hybridized carbons (Fsp3) is 0.455. The van der Waals surface area contributed by atoms with Crippen LogP contribution >= 0.6 is 0 Å². The number of nitrogens with one attached hydrogen (secondary N) is 1. The lowest BCUT2D eigenvalue weighted by atomic mass is 10.2. The minimum atomic E-state index is -3.54. The van der Waals surface area contributed by atoms with Crippen molar-refractivity contribution in [2.75, 3.05) is 19.4 Å². The van der Waals surface area contributed by atoms with E-state index < -0.39 is 10.0 Å². The summed E-state index contributed by atoms with van der Waals surface area (Å²) in [5.41, 5.74) is 5.87. The fourth-order valence-corrected chi connectivity index (χ4v) is 2.58. The van der Waals surface area contributed by atoms with E-state index in [-0.39, 0.29) is 16.5 Å². The third-order valence-corrected chi connectivity index (χ3v) is 3.69. The van der Waals surface area contributed by atoms with E-state index in [1.54, 1.807) is 6.07 Å². The van der Waals surface area contributed by atoms with E-state index in [9.17, 15) is 8.42 Å². The Morgan fingerprint density at radius 3 is 2.53 bits per heavy atom. The molecule has 96 valence electrons. The molecule has 0 fully saturated rings. The third kappa shape index (κ3) is 3.61. The number of hydrogen-bond acceptors (Lipinski definition) is 4. The average Bonchev–Trinajstić information content (AvgIpc) is 2.26. The van der Waals surface area contributed by atoms with Crippen molar-refractivity contribution >= 4 is 15.7 Å². The molecule has 0 spiro atoms. The zero-order chi connectivity index (χ0) is 13.1. The smallest absolute Gasteiger partial charge is 0.242 e. The summed E-state index contributed by atoms with van der Waals surface area (Å²) in [6, 6.07) is 4.50. The minimum Gasteiger partial charge on any atom is -0.497 e. The van der Waals surface area contributed by atoms with E-state index in [1.807, 2.05) is 13.8 Å². The fourth-order valence-electron chi connectivity index (χ4n) is 1.25. The van der Waals surface area contributed by atoms with E-state index in [2.05, 4.69) is 4.72 Å². The predicted octanol–water partition coefficient (Wildman–Crippen LogP) is 1.21. The van der Waals surface area contributed by atoms with Crippen LogP contribution in [-0.4, -0.2) is 22.1 Å². The maximum absolute atomic E-state index is 11.9. The lowest BCUT2D eigenvalue weighted by Gasteiger charge is -2.11. The van der Waals surface area contributed by atoms with E-state index in [0.717, 1.165) is 0 Å². The summed E-state index contributed by atoms with van der Waals surface area (Å²) < 4.78 is 31.3. The first-order valence-electron chi connectivity index (χ1n) is 5.30. The predicted molar refractivity (Wildman–Crippen MR) is 67.4 cm³/mol. The van der Waals surface area contributed by atoms with E-state index >= 15 is 0 Å². The van der Waals surface area contributed by atoms with Crippen LogP contribution < -0.4 is 15.2 Å². The van der Waals surface area contributed by atoms with Gasteiger partial charge in [-0.05, 0) is 18.1 Å². The second-order valence-corrected chi connectivity index (χ2v) is 5.88. The number of ether oxygens (including phenoxy) is 1. The van der Waals surface area contributed by atoms with Crippen LogP contribution in [0.25, 0.3) is 0 Å². The molecule has 17 heavy (non-hydrogen) atoms. The number of anilines is 1. The molecule has 1 aromatic rings. The molecule has 0 aliphatic heterocycles. The molecular weight excluding hydrogens is 240 g/mol. The highest BCUT2D eigenvalue weighted by molar-refractivity contribution is 7.89. The van der Waals surface area contributed by atoms with Gasteiger partial charge in [-0.15, -0.1) is 0 Å². The van der Waals surface area contributed by atoms with Crippen molar-refractivity contribution in [3.8, 4) is 5.75 Å². The van der Waals surface area contributed by atoms with Gasteiger partial charge < -0.3 is 10.5 Å². The maximum atomic E-state index is 11.9. The van der Waals surface area contributed by atoms with Gasteiger partial charge in [-0.25, -0.2) is 13.1 Å². The Morgan fingerprint density at radius 2 is 2.06 bits per heavy atom. The molecule has 5 nitrogen and oxygen atoms in total. The second kappa shape index (κ2) is 5.37. The molecule has 0 radical (unpaired) electrons. The number of sulfonamides is 1. The molecule has 0 amide bonds. The number of benzene rings is 1. The molecule has 0 bridgehead atoms. The highest BCUT2D eigenvalue weighted by Crippen LogP contribution is 2.23. The van der Waals surface area contributed by atoms with Gasteiger partial charge >= 0.3 is 0 Å². The first kappa shape index (κ1) is 13.8. The van der Waals surface area contributed by atoms with Crippen molar-refractivity contribution in [3.05, 3.63) is 18.2 Å². The normalized spacial score (nSPS) is 11.8. The van der Waals surface area contributed by atoms with Gasteiger partial charge in [0.05, 0.1) is 12.8 Å². The van der Waals surface area contributed by atoms with Gasteiger partial charge in [0, 0.05) is 12.6 Å². The topological polar surface area (TPSA) is 81.4 Å². The number of rotatable bonds is 5. The van der Waals surface area contributed by atoms with Crippen molar-refractivity contribution < 1.29 is 13.2 Å². The van der Waals surface area contributed by atoms with Crippen molar-refractivity contribution in [2.24, 2.45) is 5.92 Å². The summed E-state index contributed by atoms with van der Waals surface area (Å²) in [5, 5.41) is 0. The monoisotopic (exact) mass is 258 g/mol. The molecule has 0 aromatic heterocycles. The average molecular weight is 258 g/mol. The van der Waals surface area contributed by atoms with Crippen LogP contribution in [0.15, 0.2) is 23.1 Å². The molecule has 6 heteroatoms. The standard InChI is InChI=1S/C11H18N2O3S/c1-8(2)7-13-17(14,15)11-5-4-9(16-3)6-10(11)12/h4-6,8,13H,7,12H2,1-3H3. The lowest BCUT2D eigenvalue weighted by molar-refractivity contribution is 0.414. The SMILES string of the molecule is COc1ccc(S(=O)(=O)NCC(C)C)c(N)c1. The van der Waals surface area contributed by atoms with Crippen LogP contribution in [-0.2, 0) is 10.0 Å². The lowest BCUT2D eigenvalue weighted by Crippen LogP contribution is -2.28. The Bertz CT molecular complexity index is 483. The summed E-state index contributed by atoms with van der Waals surface area (Å²) in [6.07, 6.45) is 0. The van der Waals surface area contributed by atoms with Gasteiger partial charge in [0.15, 0.2) is 0 Å². The molecule has 0 atom stereocenters. The summed E-state index contributed by atoms with van der Waals surface area (Å²) >= 11 is 0. The van der Waals surface area contributed by atoms with Gasteiger partial charge in [-0.2, -0.15) is 0 Å². The van der Waals surface area contributed by atoms with E-state index in [0.29, 0.717) is 12.3 Å². The molecule has 0 heterocycles. The Kier molecular flexibility index (Phi) is 4.36. The van der Waals surface area contributed by atoms with Gasteiger partial charge in [-0.1, -0.05) is 13.8 Å². The van der Waals surface area contributed by atoms with Crippen LogP contribution in [0.2, 0.25) is 0 Å². The van der Waals surface area contributed by atoms with Gasteiger partial charge in [0.2, 0.25) is 10.0 Å². The first-order valence-corrected chi connectivity index (χ1v) is 6.78. The van der Waals surface area contributed by atoms with Crippen molar-refractivity contribution in [3.63, 3.8) is 0 Å². The summed E-state index contributed by atoms with van der Waals surface area (Å²) in [5.74, 6) is 0.773. The molecule has 3 N–H and O–H groups in total. The van der Waals surface area contributed by atoms with Crippen LogP contribution in [0, 0.1) is 5.92 Å². The third-order valence-electron chi connectivity index (χ3n) is 2.19. The Morgan fingerprint density at radius 1 is 1.41 bits per heavy atom. The van der Waals surface area contributed by atoms with Crippen molar-refractivity contribution in [1.82, 2.24) is 4.72 Å². The summed E-state index contributed by atoms with van der Waals surface area (Å²) in [6.45, 7) is 4.24. The Labute approximate surface area is 102 Å². The molecule has 0 saturated carbocycles. The highest BCUT2D eigenvalue weighted by atomic mass is 32.2. The largest absolute Gasteiger partial charge is 0.497 e. The minimum absolute atomic E-state index is 0.0824. The van der Waals surface area contributed by atoms with Crippen molar-refractivity contribution in [1.29, 1.82) is 0 Å². The Balaban J connectivity index is 2.99. The molecule has 0 aliphatic rings. The second-order valence-electron chi connectivity index (χ2n) is 4.15. The number of hydrogen-bond donors (Lipinski definition) is 2. The van der Waals surface area contributed by atoms with Crippen LogP contribution in [0.4, 0.5) is 5.69 Å². The number of nitrogen functional groups attached to an aromatic ring is 1. The maximum Gasteiger partial charge on any atom is 0.242 e. The molecular formula is C11H18N2O3S. The van der Waals surface area contributed by atoms with Crippen LogP contribution in [0.5, 0.6) is 5.75 Å². The van der Waals surface area contributed by atoms with Crippen LogP contribution in [0.3, 0.4) is 0 Å². The van der Waals surface area contributed by atoms with E-state index in [4.69, 9.17) is 10.5 Å². The molecule has 0 saturated heterocycles. The van der Waals surface area contributed by atoms with Gasteiger partial charge in [-0.3, -0.25) is 0 Å². The first-order chi connectivity index (χ1) is 7.86. The van der Waals surface area contributed by atoms with Gasteiger partial charge in [0.1, 0.15) is 10.6 Å². The quantitative estimate of drug-likeness (QED) is 0.778. The Hall–Kier alpha value is -1.27. The summed E-state index contributed by atoms with van der Waals surface area (Å²) in [7, 11) is -2.04. The zero-order valence-electron chi connectivity index (χ0n) is 10.2. The molecule has 0 aliphatic carbocycles. The van der Waals surface area contributed by atoms with Crippen LogP contribution in [0.1, 0.15) is 13.8 Å². The number of methoxy groups -OCH3 is 1. The zero-order valence-corrected chi connectivity index (χ0v) is 11.0. The molecule has 0 unspecified atom stereocenters. The molecule has 1 rings (SSSR count). The molecule has 1 aromatic carbocycles. The summed E-state index contributed by atoms with van der Waals surface area (Å²) in [4.78, 5) is 0.0824. The van der Waals surface area contributed by atoms with E-state index in [1.165, 1.54) is 19.2 Å².